The van der Waals surface area contributed by atoms with Crippen LogP contribution in [-0.4, -0.2) is 51.0 Å². The maximum absolute atomic E-state index is 13.8. The van der Waals surface area contributed by atoms with Gasteiger partial charge < -0.3 is 10.2 Å². The predicted octanol–water partition coefficient (Wildman–Crippen LogP) is 4.15. The summed E-state index contributed by atoms with van der Waals surface area (Å²) in [7, 11) is -2.33. The standard InChI is InChI=1S/C26H27Cl2N3O4S/c1-29-26(33)24(16-19-10-5-3-6-11-19)30(17-21-22(27)14-9-15-23(21)28)25(32)18-31(36(2,34)35)20-12-7-4-8-13-20/h3-15,24H,16-18H2,1-2H3,(H,29,33). The molecule has 1 N–H and O–H groups in total. The second kappa shape index (κ2) is 12.3. The van der Waals surface area contributed by atoms with Crippen molar-refractivity contribution in [1.82, 2.24) is 10.2 Å². The maximum Gasteiger partial charge on any atom is 0.244 e. The summed E-state index contributed by atoms with van der Waals surface area (Å²) in [5, 5.41) is 3.28. The van der Waals surface area contributed by atoms with Crippen LogP contribution >= 0.6 is 23.2 Å². The van der Waals surface area contributed by atoms with E-state index in [9.17, 15) is 18.0 Å². The molecule has 0 saturated heterocycles. The number of likely N-dealkylation sites (N-methyl/N-ethyl adjacent to an activating group) is 1. The first-order chi connectivity index (χ1) is 17.1. The SMILES string of the molecule is CNC(=O)C(Cc1ccccc1)N(Cc1c(Cl)cccc1Cl)C(=O)CN(c1ccccc1)S(C)(=O)=O. The largest absolute Gasteiger partial charge is 0.357 e. The van der Waals surface area contributed by atoms with Gasteiger partial charge in [0.25, 0.3) is 0 Å². The van der Waals surface area contributed by atoms with E-state index in [2.05, 4.69) is 5.32 Å². The molecule has 1 unspecified atom stereocenters. The molecule has 2 amide bonds. The Kier molecular flexibility index (Phi) is 9.37. The second-order valence-corrected chi connectivity index (χ2v) is 10.9. The molecule has 190 valence electrons. The first-order valence-corrected chi connectivity index (χ1v) is 13.7. The second-order valence-electron chi connectivity index (χ2n) is 8.15. The minimum Gasteiger partial charge on any atom is -0.357 e. The van der Waals surface area contributed by atoms with Crippen LogP contribution in [0.25, 0.3) is 0 Å². The van der Waals surface area contributed by atoms with Gasteiger partial charge in [-0.05, 0) is 29.8 Å². The molecule has 7 nitrogen and oxygen atoms in total. The van der Waals surface area contributed by atoms with Gasteiger partial charge in [0.05, 0.1) is 11.9 Å². The molecule has 0 heterocycles. The Morgan fingerprint density at radius 3 is 1.97 bits per heavy atom. The average molecular weight is 548 g/mol. The monoisotopic (exact) mass is 547 g/mol. The third-order valence-corrected chi connectivity index (χ3v) is 7.48. The fraction of sp³-hybridized carbons (Fsp3) is 0.231. The zero-order chi connectivity index (χ0) is 26.3. The van der Waals surface area contributed by atoms with E-state index >= 15 is 0 Å². The minimum atomic E-state index is -3.81. The first-order valence-electron chi connectivity index (χ1n) is 11.1. The third kappa shape index (κ3) is 7.00. The van der Waals surface area contributed by atoms with Crippen LogP contribution in [0.2, 0.25) is 10.0 Å². The minimum absolute atomic E-state index is 0.0886. The molecule has 0 saturated carbocycles. The molecule has 0 aromatic heterocycles. The van der Waals surface area contributed by atoms with Crippen LogP contribution in [0.15, 0.2) is 78.9 Å². The Hall–Kier alpha value is -3.07. The Morgan fingerprint density at radius 1 is 0.889 bits per heavy atom. The molecule has 3 aromatic carbocycles. The Labute approximate surface area is 221 Å². The van der Waals surface area contributed by atoms with Gasteiger partial charge >= 0.3 is 0 Å². The molecule has 0 fully saturated rings. The molecule has 1 atom stereocenters. The van der Waals surface area contributed by atoms with Crippen molar-refractivity contribution in [3.8, 4) is 0 Å². The van der Waals surface area contributed by atoms with Crippen LogP contribution in [0.3, 0.4) is 0 Å². The quantitative estimate of drug-likeness (QED) is 0.413. The summed E-state index contributed by atoms with van der Waals surface area (Å²) < 4.78 is 26.3. The fourth-order valence-electron chi connectivity index (χ4n) is 3.78. The van der Waals surface area contributed by atoms with Crippen LogP contribution in [0.5, 0.6) is 0 Å². The Balaban J connectivity index is 2.06. The highest BCUT2D eigenvalue weighted by Crippen LogP contribution is 2.28. The van der Waals surface area contributed by atoms with Crippen molar-refractivity contribution in [1.29, 1.82) is 0 Å². The molecule has 36 heavy (non-hydrogen) atoms. The Morgan fingerprint density at radius 2 is 1.44 bits per heavy atom. The highest BCUT2D eigenvalue weighted by molar-refractivity contribution is 7.92. The van der Waals surface area contributed by atoms with E-state index in [-0.39, 0.29) is 13.0 Å². The number of amides is 2. The van der Waals surface area contributed by atoms with Crippen LogP contribution < -0.4 is 9.62 Å². The van der Waals surface area contributed by atoms with Crippen LogP contribution in [0, 0.1) is 0 Å². The molecule has 3 aromatic rings. The van der Waals surface area contributed by atoms with Crippen LogP contribution in [-0.2, 0) is 32.6 Å². The molecule has 10 heteroatoms. The van der Waals surface area contributed by atoms with E-state index in [0.29, 0.717) is 21.3 Å². The van der Waals surface area contributed by atoms with Gasteiger partial charge in [-0.1, -0.05) is 77.8 Å². The zero-order valence-corrected chi connectivity index (χ0v) is 22.2. The highest BCUT2D eigenvalue weighted by Gasteiger charge is 2.33. The summed E-state index contributed by atoms with van der Waals surface area (Å²) in [6.07, 6.45) is 1.24. The third-order valence-electron chi connectivity index (χ3n) is 5.63. The summed E-state index contributed by atoms with van der Waals surface area (Å²) in [4.78, 5) is 28.2. The summed E-state index contributed by atoms with van der Waals surface area (Å²) in [5.41, 5.74) is 1.63. The number of benzene rings is 3. The molecule has 0 bridgehead atoms. The first kappa shape index (κ1) is 27.5. The van der Waals surface area contributed by atoms with E-state index in [1.165, 1.54) is 11.9 Å². The Bertz CT molecular complexity index is 1290. The lowest BCUT2D eigenvalue weighted by Gasteiger charge is -2.33. The molecule has 0 aliphatic heterocycles. The number of sulfonamides is 1. The maximum atomic E-state index is 13.8. The van der Waals surface area contributed by atoms with Crippen LogP contribution in [0.1, 0.15) is 11.1 Å². The highest BCUT2D eigenvalue weighted by atomic mass is 35.5. The molecule has 3 rings (SSSR count). The number of anilines is 1. The van der Waals surface area contributed by atoms with Gasteiger partial charge in [-0.2, -0.15) is 0 Å². The van der Waals surface area contributed by atoms with E-state index in [1.807, 2.05) is 30.3 Å². The van der Waals surface area contributed by atoms with Gasteiger partial charge in [-0.3, -0.25) is 13.9 Å². The van der Waals surface area contributed by atoms with E-state index < -0.39 is 34.4 Å². The van der Waals surface area contributed by atoms with E-state index in [0.717, 1.165) is 16.1 Å². The number of halogens is 2. The van der Waals surface area contributed by atoms with Gasteiger partial charge in [-0.25, -0.2) is 8.42 Å². The summed E-state index contributed by atoms with van der Waals surface area (Å²) >= 11 is 12.8. The van der Waals surface area contributed by atoms with Crippen molar-refractivity contribution in [2.45, 2.75) is 19.0 Å². The van der Waals surface area contributed by atoms with Crippen molar-refractivity contribution in [2.75, 3.05) is 24.2 Å². The van der Waals surface area contributed by atoms with Gasteiger partial charge in [0.1, 0.15) is 12.6 Å². The summed E-state index contributed by atoms with van der Waals surface area (Å²) in [6, 6.07) is 21.6. The number of rotatable bonds is 10. The number of hydrogen-bond acceptors (Lipinski definition) is 4. The number of carbonyl (C=O) groups excluding carboxylic acids is 2. The fourth-order valence-corrected chi connectivity index (χ4v) is 5.15. The molecule has 0 aliphatic carbocycles. The van der Waals surface area contributed by atoms with Crippen LogP contribution in [0.4, 0.5) is 5.69 Å². The summed E-state index contributed by atoms with van der Waals surface area (Å²) in [6.45, 7) is -0.595. The lowest BCUT2D eigenvalue weighted by Crippen LogP contribution is -2.53. The van der Waals surface area contributed by atoms with Crippen molar-refractivity contribution in [3.63, 3.8) is 0 Å². The van der Waals surface area contributed by atoms with Crippen molar-refractivity contribution in [3.05, 3.63) is 100 Å². The van der Waals surface area contributed by atoms with E-state index in [1.54, 1.807) is 48.5 Å². The number of carbonyl (C=O) groups is 2. The predicted molar refractivity (Wildman–Crippen MR) is 144 cm³/mol. The van der Waals surface area contributed by atoms with Crippen molar-refractivity contribution < 1.29 is 18.0 Å². The van der Waals surface area contributed by atoms with Crippen molar-refractivity contribution in [2.24, 2.45) is 0 Å². The van der Waals surface area contributed by atoms with Gasteiger partial charge in [0.15, 0.2) is 0 Å². The van der Waals surface area contributed by atoms with Gasteiger partial charge in [0.2, 0.25) is 21.8 Å². The van der Waals surface area contributed by atoms with E-state index in [4.69, 9.17) is 23.2 Å². The number of hydrogen-bond donors (Lipinski definition) is 1. The smallest absolute Gasteiger partial charge is 0.244 e. The molecular weight excluding hydrogens is 521 g/mol. The topological polar surface area (TPSA) is 86.8 Å². The molecule has 0 spiro atoms. The lowest BCUT2D eigenvalue weighted by molar-refractivity contribution is -0.139. The molecule has 0 radical (unpaired) electrons. The lowest BCUT2D eigenvalue weighted by atomic mass is 10.0. The molecular formula is C26H27Cl2N3O4S. The summed E-state index contributed by atoms with van der Waals surface area (Å²) in [5.74, 6) is -0.981. The average Bonchev–Trinajstić information content (AvgIpc) is 2.86. The zero-order valence-electron chi connectivity index (χ0n) is 19.9. The normalized spacial score (nSPS) is 12.0. The number of nitrogens with one attached hydrogen (secondary N) is 1. The van der Waals surface area contributed by atoms with Crippen molar-refractivity contribution >= 4 is 50.7 Å². The number of para-hydroxylation sites is 1. The van der Waals surface area contributed by atoms with Gasteiger partial charge in [-0.15, -0.1) is 0 Å². The molecule has 0 aliphatic rings. The van der Waals surface area contributed by atoms with Gasteiger partial charge in [0, 0.05) is 35.6 Å². The number of nitrogens with zero attached hydrogens (tertiary/aromatic N) is 2.